The first-order chi connectivity index (χ1) is 11.7. The number of hydrogen-bond donors (Lipinski definition) is 1. The molecule has 2 aromatic carbocycles. The third-order valence-corrected chi connectivity index (χ3v) is 3.54. The summed E-state index contributed by atoms with van der Waals surface area (Å²) >= 11 is 0. The monoisotopic (exact) mass is 323 g/mol. The number of carbonyl (C=O) groups excluding carboxylic acids is 1. The average molecular weight is 323 g/mol. The van der Waals surface area contributed by atoms with Crippen molar-refractivity contribution < 1.29 is 14.1 Å². The van der Waals surface area contributed by atoms with Crippen LogP contribution in [0.1, 0.15) is 29.2 Å². The lowest BCUT2D eigenvalue weighted by molar-refractivity contribution is 0.0932. The molecule has 1 aromatic heterocycles. The van der Waals surface area contributed by atoms with Gasteiger partial charge in [0.15, 0.2) is 0 Å². The van der Waals surface area contributed by atoms with Crippen LogP contribution in [-0.4, -0.2) is 23.2 Å². The molecular formula is C18H17N3O3. The Morgan fingerprint density at radius 1 is 1.12 bits per heavy atom. The summed E-state index contributed by atoms with van der Waals surface area (Å²) in [6.07, 6.45) is 0. The second kappa shape index (κ2) is 6.95. The number of nitrogens with zero attached hydrogens (tertiary/aromatic N) is 2. The molecule has 3 rings (SSSR count). The topological polar surface area (TPSA) is 77.3 Å². The fraction of sp³-hybridized carbons (Fsp3) is 0.167. The molecule has 0 fully saturated rings. The van der Waals surface area contributed by atoms with Crippen LogP contribution in [0.3, 0.4) is 0 Å². The van der Waals surface area contributed by atoms with Gasteiger partial charge in [0.05, 0.1) is 7.11 Å². The molecule has 3 aromatic rings. The number of ether oxygens (including phenoxy) is 1. The molecule has 24 heavy (non-hydrogen) atoms. The molecule has 0 saturated heterocycles. The van der Waals surface area contributed by atoms with Gasteiger partial charge in [-0.2, -0.15) is 4.98 Å². The van der Waals surface area contributed by atoms with Crippen molar-refractivity contribution in [1.29, 1.82) is 0 Å². The Balaban J connectivity index is 1.71. The predicted molar refractivity (Wildman–Crippen MR) is 88.6 cm³/mol. The van der Waals surface area contributed by atoms with E-state index < -0.39 is 6.04 Å². The van der Waals surface area contributed by atoms with Gasteiger partial charge in [0.25, 0.3) is 5.91 Å². The summed E-state index contributed by atoms with van der Waals surface area (Å²) in [7, 11) is 1.61. The highest BCUT2D eigenvalue weighted by atomic mass is 16.5. The summed E-state index contributed by atoms with van der Waals surface area (Å²) in [5, 5.41) is 6.81. The summed E-state index contributed by atoms with van der Waals surface area (Å²) in [6, 6.07) is 15.9. The van der Waals surface area contributed by atoms with Gasteiger partial charge < -0.3 is 14.6 Å². The largest absolute Gasteiger partial charge is 0.497 e. The van der Waals surface area contributed by atoms with Gasteiger partial charge in [-0.1, -0.05) is 23.4 Å². The predicted octanol–water partition coefficient (Wildman–Crippen LogP) is 3.24. The first kappa shape index (κ1) is 15.7. The summed E-state index contributed by atoms with van der Waals surface area (Å²) in [5.41, 5.74) is 1.40. The Morgan fingerprint density at radius 3 is 2.50 bits per heavy atom. The summed E-state index contributed by atoms with van der Waals surface area (Å²) in [6.45, 7) is 1.80. The van der Waals surface area contributed by atoms with Crippen LogP contribution in [0.4, 0.5) is 0 Å². The van der Waals surface area contributed by atoms with E-state index in [0.717, 1.165) is 11.3 Å². The summed E-state index contributed by atoms with van der Waals surface area (Å²) in [4.78, 5) is 16.5. The van der Waals surface area contributed by atoms with Crippen LogP contribution < -0.4 is 10.1 Å². The van der Waals surface area contributed by atoms with Crippen LogP contribution >= 0.6 is 0 Å². The first-order valence-electron chi connectivity index (χ1n) is 7.51. The number of amides is 1. The third kappa shape index (κ3) is 3.43. The fourth-order valence-corrected chi connectivity index (χ4v) is 2.20. The van der Waals surface area contributed by atoms with Crippen molar-refractivity contribution in [2.75, 3.05) is 7.11 Å². The molecule has 0 aliphatic rings. The van der Waals surface area contributed by atoms with Gasteiger partial charge >= 0.3 is 0 Å². The van der Waals surface area contributed by atoms with Crippen molar-refractivity contribution in [2.45, 2.75) is 13.0 Å². The summed E-state index contributed by atoms with van der Waals surface area (Å²) < 4.78 is 10.4. The van der Waals surface area contributed by atoms with Crippen molar-refractivity contribution in [3.63, 3.8) is 0 Å². The third-order valence-electron chi connectivity index (χ3n) is 3.54. The minimum absolute atomic E-state index is 0.188. The van der Waals surface area contributed by atoms with Crippen molar-refractivity contribution in [3.8, 4) is 17.1 Å². The van der Waals surface area contributed by atoms with E-state index in [1.54, 1.807) is 26.2 Å². The van der Waals surface area contributed by atoms with E-state index in [2.05, 4.69) is 15.5 Å². The molecule has 0 unspecified atom stereocenters. The minimum atomic E-state index is -0.391. The smallest absolute Gasteiger partial charge is 0.251 e. The molecule has 0 bridgehead atoms. The van der Waals surface area contributed by atoms with Gasteiger partial charge in [-0.05, 0) is 43.3 Å². The number of nitrogens with one attached hydrogen (secondary N) is 1. The van der Waals surface area contributed by atoms with Crippen LogP contribution in [0.25, 0.3) is 11.4 Å². The Bertz CT molecular complexity index is 813. The second-order valence-electron chi connectivity index (χ2n) is 5.25. The SMILES string of the molecule is COc1ccc(-c2noc([C@@H](C)NC(=O)c3ccccc3)n2)cc1. The normalized spacial score (nSPS) is 11.8. The lowest BCUT2D eigenvalue weighted by Crippen LogP contribution is -2.26. The van der Waals surface area contributed by atoms with Crippen LogP contribution in [0.15, 0.2) is 59.1 Å². The van der Waals surface area contributed by atoms with Gasteiger partial charge in [-0.15, -0.1) is 0 Å². The van der Waals surface area contributed by atoms with Gasteiger partial charge in [-0.25, -0.2) is 0 Å². The van der Waals surface area contributed by atoms with E-state index in [-0.39, 0.29) is 5.91 Å². The molecule has 0 saturated carbocycles. The molecule has 6 nitrogen and oxygen atoms in total. The van der Waals surface area contributed by atoms with E-state index in [4.69, 9.17) is 9.26 Å². The highest BCUT2D eigenvalue weighted by Crippen LogP contribution is 2.21. The van der Waals surface area contributed by atoms with Crippen LogP contribution in [0.2, 0.25) is 0 Å². The van der Waals surface area contributed by atoms with E-state index >= 15 is 0 Å². The number of hydrogen-bond acceptors (Lipinski definition) is 5. The molecule has 0 spiro atoms. The maximum absolute atomic E-state index is 12.2. The van der Waals surface area contributed by atoms with E-state index in [1.807, 2.05) is 42.5 Å². The molecule has 0 radical (unpaired) electrons. The lowest BCUT2D eigenvalue weighted by atomic mass is 10.2. The second-order valence-corrected chi connectivity index (χ2v) is 5.25. The minimum Gasteiger partial charge on any atom is -0.497 e. The molecule has 6 heteroatoms. The molecule has 1 N–H and O–H groups in total. The van der Waals surface area contributed by atoms with E-state index in [0.29, 0.717) is 17.3 Å². The van der Waals surface area contributed by atoms with Gasteiger partial charge in [-0.3, -0.25) is 4.79 Å². The van der Waals surface area contributed by atoms with Crippen molar-refractivity contribution in [2.24, 2.45) is 0 Å². The van der Waals surface area contributed by atoms with E-state index in [1.165, 1.54) is 0 Å². The number of benzene rings is 2. The molecule has 0 aliphatic carbocycles. The van der Waals surface area contributed by atoms with Gasteiger partial charge in [0.2, 0.25) is 11.7 Å². The average Bonchev–Trinajstić information content (AvgIpc) is 3.13. The summed E-state index contributed by atoms with van der Waals surface area (Å²) in [5.74, 6) is 1.39. The molecule has 1 amide bonds. The van der Waals surface area contributed by atoms with Crippen LogP contribution in [0.5, 0.6) is 5.75 Å². The van der Waals surface area contributed by atoms with Gasteiger partial charge in [0, 0.05) is 11.1 Å². The fourth-order valence-electron chi connectivity index (χ4n) is 2.20. The molecule has 1 heterocycles. The molecule has 1 atom stereocenters. The Morgan fingerprint density at radius 2 is 1.83 bits per heavy atom. The first-order valence-corrected chi connectivity index (χ1v) is 7.51. The maximum atomic E-state index is 12.2. The van der Waals surface area contributed by atoms with Crippen molar-refractivity contribution in [1.82, 2.24) is 15.5 Å². The number of rotatable bonds is 5. The molecule has 122 valence electrons. The quantitative estimate of drug-likeness (QED) is 0.780. The van der Waals surface area contributed by atoms with Gasteiger partial charge in [0.1, 0.15) is 11.8 Å². The van der Waals surface area contributed by atoms with Crippen molar-refractivity contribution >= 4 is 5.91 Å². The Hall–Kier alpha value is -3.15. The van der Waals surface area contributed by atoms with E-state index in [9.17, 15) is 4.79 Å². The zero-order valence-electron chi connectivity index (χ0n) is 13.4. The maximum Gasteiger partial charge on any atom is 0.251 e. The highest BCUT2D eigenvalue weighted by molar-refractivity contribution is 5.94. The Kier molecular flexibility index (Phi) is 4.56. The zero-order valence-corrected chi connectivity index (χ0v) is 13.4. The number of methoxy groups -OCH3 is 1. The zero-order chi connectivity index (χ0) is 16.9. The number of carbonyl (C=O) groups is 1. The number of aromatic nitrogens is 2. The van der Waals surface area contributed by atoms with Crippen molar-refractivity contribution in [3.05, 3.63) is 66.1 Å². The standard InChI is InChI=1S/C18H17N3O3/c1-12(19-17(22)14-6-4-3-5-7-14)18-20-16(21-24-18)13-8-10-15(23-2)11-9-13/h3-12H,1-2H3,(H,19,22)/t12-/m1/s1. The van der Waals surface area contributed by atoms with Crippen LogP contribution in [-0.2, 0) is 0 Å². The molecular weight excluding hydrogens is 306 g/mol. The Labute approximate surface area is 139 Å². The highest BCUT2D eigenvalue weighted by Gasteiger charge is 2.18. The lowest BCUT2D eigenvalue weighted by Gasteiger charge is -2.09. The van der Waals surface area contributed by atoms with Crippen LogP contribution in [0, 0.1) is 0 Å². The molecule has 0 aliphatic heterocycles.